The van der Waals surface area contributed by atoms with Crippen molar-refractivity contribution < 1.29 is 14.9 Å². The van der Waals surface area contributed by atoms with Crippen molar-refractivity contribution in [3.05, 3.63) is 0 Å². The average Bonchev–Trinajstić information content (AvgIpc) is 2.35. The minimum absolute atomic E-state index is 0.126. The third-order valence-corrected chi connectivity index (χ3v) is 2.93. The number of aliphatic hydroxyl groups is 2. The Hall–Kier alpha value is -0.120. The Morgan fingerprint density at radius 1 is 0.882 bits per heavy atom. The van der Waals surface area contributed by atoms with Gasteiger partial charge >= 0.3 is 0 Å². The maximum atomic E-state index is 9.11. The molecule has 17 heavy (non-hydrogen) atoms. The van der Waals surface area contributed by atoms with Gasteiger partial charge in [-0.1, -0.05) is 39.0 Å². The van der Waals surface area contributed by atoms with E-state index in [1.807, 2.05) is 0 Å². The SMILES string of the molecule is CCCCCCCCOCCCCC(O)CO. The van der Waals surface area contributed by atoms with Gasteiger partial charge in [0.05, 0.1) is 12.7 Å². The van der Waals surface area contributed by atoms with Crippen LogP contribution in [0.25, 0.3) is 0 Å². The number of hydrogen-bond donors (Lipinski definition) is 2. The first-order chi connectivity index (χ1) is 8.31. The maximum absolute atomic E-state index is 9.11. The van der Waals surface area contributed by atoms with Crippen molar-refractivity contribution in [1.29, 1.82) is 0 Å². The predicted octanol–water partition coefficient (Wildman–Crippen LogP) is 2.89. The molecule has 0 spiro atoms. The second-order valence-corrected chi connectivity index (χ2v) is 4.71. The molecule has 0 amide bonds. The quantitative estimate of drug-likeness (QED) is 0.491. The van der Waals surface area contributed by atoms with Crippen LogP contribution in [0.3, 0.4) is 0 Å². The van der Waals surface area contributed by atoms with Gasteiger partial charge in [-0.25, -0.2) is 0 Å². The van der Waals surface area contributed by atoms with E-state index in [0.29, 0.717) is 6.42 Å². The van der Waals surface area contributed by atoms with Crippen LogP contribution < -0.4 is 0 Å². The van der Waals surface area contributed by atoms with Gasteiger partial charge in [0.2, 0.25) is 0 Å². The van der Waals surface area contributed by atoms with Gasteiger partial charge < -0.3 is 14.9 Å². The van der Waals surface area contributed by atoms with Gasteiger partial charge in [-0.2, -0.15) is 0 Å². The fourth-order valence-corrected chi connectivity index (χ4v) is 1.76. The van der Waals surface area contributed by atoms with E-state index >= 15 is 0 Å². The summed E-state index contributed by atoms with van der Waals surface area (Å²) in [6.45, 7) is 3.76. The van der Waals surface area contributed by atoms with Gasteiger partial charge in [-0.15, -0.1) is 0 Å². The van der Waals surface area contributed by atoms with Crippen LogP contribution in [-0.4, -0.2) is 36.1 Å². The molecule has 3 nitrogen and oxygen atoms in total. The molecule has 0 bridgehead atoms. The summed E-state index contributed by atoms with van der Waals surface area (Å²) in [5.41, 5.74) is 0. The average molecular weight is 246 g/mol. The highest BCUT2D eigenvalue weighted by molar-refractivity contribution is 4.52. The Balaban J connectivity index is 2.94. The zero-order valence-electron chi connectivity index (χ0n) is 11.4. The van der Waals surface area contributed by atoms with Gasteiger partial charge in [0.15, 0.2) is 0 Å². The molecule has 0 aromatic heterocycles. The van der Waals surface area contributed by atoms with Crippen molar-refractivity contribution in [3.8, 4) is 0 Å². The molecule has 3 heteroatoms. The lowest BCUT2D eigenvalue weighted by Crippen LogP contribution is -2.11. The lowest BCUT2D eigenvalue weighted by Gasteiger charge is -2.07. The normalized spacial score (nSPS) is 12.9. The van der Waals surface area contributed by atoms with Gasteiger partial charge in [-0.3, -0.25) is 0 Å². The zero-order valence-corrected chi connectivity index (χ0v) is 11.4. The molecule has 0 saturated heterocycles. The predicted molar refractivity (Wildman–Crippen MR) is 71.1 cm³/mol. The highest BCUT2D eigenvalue weighted by atomic mass is 16.5. The van der Waals surface area contributed by atoms with Crippen molar-refractivity contribution >= 4 is 0 Å². The van der Waals surface area contributed by atoms with E-state index in [-0.39, 0.29) is 6.61 Å². The summed E-state index contributed by atoms with van der Waals surface area (Å²) < 4.78 is 5.51. The Bertz CT molecular complexity index is 139. The fraction of sp³-hybridized carbons (Fsp3) is 1.00. The number of aliphatic hydroxyl groups excluding tert-OH is 2. The molecule has 0 aliphatic rings. The molecule has 0 aromatic carbocycles. The van der Waals surface area contributed by atoms with Gasteiger partial charge in [0.25, 0.3) is 0 Å². The Morgan fingerprint density at radius 3 is 2.12 bits per heavy atom. The van der Waals surface area contributed by atoms with Gasteiger partial charge in [0.1, 0.15) is 0 Å². The largest absolute Gasteiger partial charge is 0.394 e. The first-order valence-corrected chi connectivity index (χ1v) is 7.18. The molecule has 104 valence electrons. The van der Waals surface area contributed by atoms with Gasteiger partial charge in [-0.05, 0) is 25.7 Å². The summed E-state index contributed by atoms with van der Waals surface area (Å²) in [6.07, 6.45) is 9.84. The van der Waals surface area contributed by atoms with Crippen LogP contribution in [0.1, 0.15) is 64.7 Å². The standard InChI is InChI=1S/C14H30O3/c1-2-3-4-5-6-8-11-17-12-9-7-10-14(16)13-15/h14-16H,2-13H2,1H3. The van der Waals surface area contributed by atoms with E-state index in [9.17, 15) is 0 Å². The molecule has 0 rings (SSSR count). The minimum atomic E-state index is -0.548. The van der Waals surface area contributed by atoms with Crippen LogP contribution >= 0.6 is 0 Å². The summed E-state index contributed by atoms with van der Waals surface area (Å²) in [6, 6.07) is 0. The molecule has 0 aromatic rings. The molecule has 1 unspecified atom stereocenters. The zero-order chi connectivity index (χ0) is 12.8. The molecular formula is C14H30O3. The number of unbranched alkanes of at least 4 members (excludes halogenated alkanes) is 6. The molecular weight excluding hydrogens is 216 g/mol. The van der Waals surface area contributed by atoms with Crippen molar-refractivity contribution in [1.82, 2.24) is 0 Å². The van der Waals surface area contributed by atoms with Crippen LogP contribution in [0.15, 0.2) is 0 Å². The van der Waals surface area contributed by atoms with E-state index < -0.39 is 6.10 Å². The molecule has 0 aliphatic carbocycles. The Labute approximate surface area is 106 Å². The van der Waals surface area contributed by atoms with Crippen LogP contribution in [0.2, 0.25) is 0 Å². The lowest BCUT2D eigenvalue weighted by atomic mass is 10.1. The summed E-state index contributed by atoms with van der Waals surface area (Å²) in [5.74, 6) is 0. The highest BCUT2D eigenvalue weighted by Gasteiger charge is 2.00. The van der Waals surface area contributed by atoms with Crippen molar-refractivity contribution in [2.24, 2.45) is 0 Å². The fourth-order valence-electron chi connectivity index (χ4n) is 1.76. The van der Waals surface area contributed by atoms with Crippen LogP contribution in [-0.2, 0) is 4.74 Å². The summed E-state index contributed by atoms with van der Waals surface area (Å²) in [4.78, 5) is 0. The van der Waals surface area contributed by atoms with E-state index in [4.69, 9.17) is 14.9 Å². The lowest BCUT2D eigenvalue weighted by molar-refractivity contribution is 0.0800. The van der Waals surface area contributed by atoms with Crippen LogP contribution in [0.5, 0.6) is 0 Å². The molecule has 0 aliphatic heterocycles. The van der Waals surface area contributed by atoms with E-state index in [0.717, 1.165) is 26.1 Å². The second kappa shape index (κ2) is 13.9. The van der Waals surface area contributed by atoms with E-state index in [2.05, 4.69) is 6.92 Å². The van der Waals surface area contributed by atoms with E-state index in [1.54, 1.807) is 0 Å². The second-order valence-electron chi connectivity index (χ2n) is 4.71. The van der Waals surface area contributed by atoms with E-state index in [1.165, 1.54) is 38.5 Å². The summed E-state index contributed by atoms with van der Waals surface area (Å²) in [5, 5.41) is 17.7. The summed E-state index contributed by atoms with van der Waals surface area (Å²) in [7, 11) is 0. The monoisotopic (exact) mass is 246 g/mol. The highest BCUT2D eigenvalue weighted by Crippen LogP contribution is 2.05. The molecule has 0 heterocycles. The third-order valence-electron chi connectivity index (χ3n) is 2.93. The molecule has 1 atom stereocenters. The minimum Gasteiger partial charge on any atom is -0.394 e. The van der Waals surface area contributed by atoms with Crippen molar-refractivity contribution in [3.63, 3.8) is 0 Å². The maximum Gasteiger partial charge on any atom is 0.0771 e. The number of rotatable bonds is 13. The first kappa shape index (κ1) is 16.9. The molecule has 0 fully saturated rings. The molecule has 2 N–H and O–H groups in total. The number of ether oxygens (including phenoxy) is 1. The Kier molecular flexibility index (Phi) is 13.8. The topological polar surface area (TPSA) is 49.7 Å². The van der Waals surface area contributed by atoms with Crippen molar-refractivity contribution in [2.75, 3.05) is 19.8 Å². The Morgan fingerprint density at radius 2 is 1.47 bits per heavy atom. The smallest absolute Gasteiger partial charge is 0.0771 e. The van der Waals surface area contributed by atoms with Crippen LogP contribution in [0, 0.1) is 0 Å². The van der Waals surface area contributed by atoms with Crippen LogP contribution in [0.4, 0.5) is 0 Å². The molecule has 0 radical (unpaired) electrons. The first-order valence-electron chi connectivity index (χ1n) is 7.18. The van der Waals surface area contributed by atoms with Gasteiger partial charge in [0, 0.05) is 13.2 Å². The third kappa shape index (κ3) is 13.8. The summed E-state index contributed by atoms with van der Waals surface area (Å²) >= 11 is 0. The van der Waals surface area contributed by atoms with Crippen molar-refractivity contribution in [2.45, 2.75) is 70.8 Å². The molecule has 0 saturated carbocycles. The number of hydrogen-bond acceptors (Lipinski definition) is 3.